The monoisotopic (exact) mass is 220 g/mol. The van der Waals surface area contributed by atoms with Gasteiger partial charge in [0.1, 0.15) is 6.10 Å². The van der Waals surface area contributed by atoms with E-state index in [1.807, 2.05) is 0 Å². The van der Waals surface area contributed by atoms with Crippen LogP contribution in [0.1, 0.15) is 36.9 Å². The van der Waals surface area contributed by atoms with Crippen LogP contribution in [0.4, 0.5) is 0 Å². The first kappa shape index (κ1) is 10.2. The second-order valence-corrected chi connectivity index (χ2v) is 4.93. The van der Waals surface area contributed by atoms with Crippen LogP contribution in [0.15, 0.2) is 6.07 Å². The van der Waals surface area contributed by atoms with E-state index < -0.39 is 0 Å². The van der Waals surface area contributed by atoms with Crippen molar-refractivity contribution in [2.45, 2.75) is 44.6 Å². The minimum Gasteiger partial charge on any atom is -0.474 e. The summed E-state index contributed by atoms with van der Waals surface area (Å²) in [6.45, 7) is 2.13. The van der Waals surface area contributed by atoms with Gasteiger partial charge in [0.25, 0.3) is 0 Å². The van der Waals surface area contributed by atoms with Gasteiger partial charge in [-0.3, -0.25) is 0 Å². The topological polar surface area (TPSA) is 37.0 Å². The zero-order valence-electron chi connectivity index (χ0n) is 9.72. The highest BCUT2D eigenvalue weighted by Gasteiger charge is 2.18. The van der Waals surface area contributed by atoms with E-state index in [0.717, 1.165) is 19.0 Å². The molecule has 1 fully saturated rings. The number of fused-ring (bicyclic) bond motifs is 1. The quantitative estimate of drug-likeness (QED) is 0.800. The van der Waals surface area contributed by atoms with E-state index in [2.05, 4.69) is 16.4 Å². The molecule has 3 rings (SSSR count). The number of aromatic nitrogens is 1. The van der Waals surface area contributed by atoms with Crippen LogP contribution < -0.4 is 10.1 Å². The second-order valence-electron chi connectivity index (χ2n) is 4.93. The first-order valence-electron chi connectivity index (χ1n) is 6.50. The van der Waals surface area contributed by atoms with Crippen molar-refractivity contribution < 1.29 is 4.74 Å². The van der Waals surface area contributed by atoms with Crippen LogP contribution in [-0.4, -0.2) is 24.2 Å². The van der Waals surface area contributed by atoms with Gasteiger partial charge in [0.05, 0.1) is 0 Å². The molecule has 3 nitrogen and oxygen atoms in total. The molecule has 0 spiro atoms. The predicted molar refractivity (Wildman–Crippen MR) is 64.0 cm³/mol. The summed E-state index contributed by atoms with van der Waals surface area (Å²) in [6.07, 6.45) is 7.82. The lowest BCUT2D eigenvalue weighted by molar-refractivity contribution is 0.161. The lowest BCUT2D eigenvalue weighted by Gasteiger charge is -2.23. The maximum Gasteiger partial charge on any atom is 0.191 e. The van der Waals surface area contributed by atoms with Gasteiger partial charge in [-0.2, -0.15) is 0 Å². The summed E-state index contributed by atoms with van der Waals surface area (Å²) in [7, 11) is 0. The molecule has 16 heavy (non-hydrogen) atoms. The van der Waals surface area contributed by atoms with Gasteiger partial charge in [0, 0.05) is 18.3 Å². The molecular formula is C13H20N2O. The fourth-order valence-corrected chi connectivity index (χ4v) is 2.74. The Labute approximate surface area is 96.6 Å². The molecule has 3 heteroatoms. The Kier molecular flexibility index (Phi) is 2.87. The van der Waals surface area contributed by atoms with Crippen LogP contribution in [0.3, 0.4) is 0 Å². The third kappa shape index (κ3) is 2.09. The van der Waals surface area contributed by atoms with Crippen molar-refractivity contribution in [1.82, 2.24) is 10.3 Å². The number of hydrogen-bond donors (Lipinski definition) is 2. The molecule has 88 valence electrons. The van der Waals surface area contributed by atoms with Crippen LogP contribution in [0.25, 0.3) is 0 Å². The molecule has 1 aromatic rings. The summed E-state index contributed by atoms with van der Waals surface area (Å²) in [5.74, 6) is 0.987. The Balaban J connectivity index is 1.67. The molecule has 2 aliphatic rings. The van der Waals surface area contributed by atoms with Gasteiger partial charge < -0.3 is 15.0 Å². The van der Waals surface area contributed by atoms with E-state index in [4.69, 9.17) is 4.74 Å². The van der Waals surface area contributed by atoms with E-state index in [9.17, 15) is 0 Å². The summed E-state index contributed by atoms with van der Waals surface area (Å²) in [5, 5.41) is 3.38. The van der Waals surface area contributed by atoms with Gasteiger partial charge >= 0.3 is 0 Å². The highest BCUT2D eigenvalue weighted by atomic mass is 16.5. The SMILES string of the molecule is c1c(OC2CCCNC2)[nH]c2c1CCCC2. The third-order valence-electron chi connectivity index (χ3n) is 3.64. The molecule has 0 aromatic carbocycles. The first-order valence-corrected chi connectivity index (χ1v) is 6.50. The number of rotatable bonds is 2. The Hall–Kier alpha value is -0.960. The summed E-state index contributed by atoms with van der Waals surface area (Å²) < 4.78 is 5.99. The Morgan fingerprint density at radius 3 is 2.94 bits per heavy atom. The molecule has 0 amide bonds. The first-order chi connectivity index (χ1) is 7.92. The number of ether oxygens (including phenoxy) is 1. The van der Waals surface area contributed by atoms with E-state index in [0.29, 0.717) is 6.10 Å². The largest absolute Gasteiger partial charge is 0.474 e. The van der Waals surface area contributed by atoms with Crippen molar-refractivity contribution >= 4 is 0 Å². The van der Waals surface area contributed by atoms with E-state index in [-0.39, 0.29) is 0 Å². The van der Waals surface area contributed by atoms with Crippen molar-refractivity contribution in [2.24, 2.45) is 0 Å². The molecule has 1 atom stereocenters. The van der Waals surface area contributed by atoms with Gasteiger partial charge in [-0.1, -0.05) is 0 Å². The van der Waals surface area contributed by atoms with E-state index in [1.165, 1.54) is 49.8 Å². The minimum absolute atomic E-state index is 0.355. The molecule has 0 bridgehead atoms. The van der Waals surface area contributed by atoms with Gasteiger partial charge in [-0.05, 0) is 50.6 Å². The predicted octanol–water partition coefficient (Wildman–Crippen LogP) is 2.02. The van der Waals surface area contributed by atoms with Crippen LogP contribution in [0.2, 0.25) is 0 Å². The van der Waals surface area contributed by atoms with Crippen molar-refractivity contribution in [2.75, 3.05) is 13.1 Å². The lowest BCUT2D eigenvalue weighted by Crippen LogP contribution is -2.37. The van der Waals surface area contributed by atoms with Crippen LogP contribution in [0.5, 0.6) is 5.88 Å². The minimum atomic E-state index is 0.355. The maximum absolute atomic E-state index is 5.99. The average molecular weight is 220 g/mol. The van der Waals surface area contributed by atoms with Crippen molar-refractivity contribution in [1.29, 1.82) is 0 Å². The number of piperidine rings is 1. The van der Waals surface area contributed by atoms with E-state index in [1.54, 1.807) is 0 Å². The van der Waals surface area contributed by atoms with Crippen LogP contribution >= 0.6 is 0 Å². The fraction of sp³-hybridized carbons (Fsp3) is 0.692. The number of hydrogen-bond acceptors (Lipinski definition) is 2. The van der Waals surface area contributed by atoms with Crippen molar-refractivity contribution in [3.05, 3.63) is 17.3 Å². The van der Waals surface area contributed by atoms with E-state index >= 15 is 0 Å². The highest BCUT2D eigenvalue weighted by molar-refractivity contribution is 5.31. The summed E-state index contributed by atoms with van der Waals surface area (Å²) in [5.41, 5.74) is 2.88. The van der Waals surface area contributed by atoms with Gasteiger partial charge in [-0.25, -0.2) is 0 Å². The lowest BCUT2D eigenvalue weighted by atomic mass is 9.98. The number of aromatic amines is 1. The van der Waals surface area contributed by atoms with Crippen LogP contribution in [-0.2, 0) is 12.8 Å². The van der Waals surface area contributed by atoms with Crippen molar-refractivity contribution in [3.8, 4) is 5.88 Å². The van der Waals surface area contributed by atoms with Gasteiger partial charge in [0.15, 0.2) is 5.88 Å². The maximum atomic E-state index is 5.99. The summed E-state index contributed by atoms with van der Waals surface area (Å²) in [4.78, 5) is 3.43. The zero-order chi connectivity index (χ0) is 10.8. The molecule has 1 aliphatic heterocycles. The Morgan fingerprint density at radius 2 is 2.12 bits per heavy atom. The zero-order valence-corrected chi connectivity index (χ0v) is 9.72. The van der Waals surface area contributed by atoms with Crippen LogP contribution in [0, 0.1) is 0 Å². The Morgan fingerprint density at radius 1 is 1.19 bits per heavy atom. The fourth-order valence-electron chi connectivity index (χ4n) is 2.74. The molecule has 2 heterocycles. The van der Waals surface area contributed by atoms with Gasteiger partial charge in [-0.15, -0.1) is 0 Å². The number of aryl methyl sites for hydroxylation is 2. The smallest absolute Gasteiger partial charge is 0.191 e. The summed E-state index contributed by atoms with van der Waals surface area (Å²) >= 11 is 0. The molecular weight excluding hydrogens is 200 g/mol. The molecule has 1 aliphatic carbocycles. The molecule has 0 saturated carbocycles. The summed E-state index contributed by atoms with van der Waals surface area (Å²) in [6, 6.07) is 2.21. The molecule has 1 unspecified atom stereocenters. The number of H-pyrrole nitrogens is 1. The van der Waals surface area contributed by atoms with Crippen molar-refractivity contribution in [3.63, 3.8) is 0 Å². The molecule has 0 radical (unpaired) electrons. The Bertz CT molecular complexity index is 329. The molecule has 1 aromatic heterocycles. The highest BCUT2D eigenvalue weighted by Crippen LogP contribution is 2.26. The molecule has 1 saturated heterocycles. The van der Waals surface area contributed by atoms with Gasteiger partial charge in [0.2, 0.25) is 0 Å². The normalized spacial score (nSPS) is 25.1. The second kappa shape index (κ2) is 4.50. The average Bonchev–Trinajstić information content (AvgIpc) is 2.72. The standard InChI is InChI=1S/C13H20N2O/c1-2-6-12-10(4-1)8-13(15-12)16-11-5-3-7-14-9-11/h8,11,14-15H,1-7,9H2. The third-order valence-corrected chi connectivity index (χ3v) is 3.64. The number of nitrogens with one attached hydrogen (secondary N) is 2. The molecule has 2 N–H and O–H groups in total.